The average molecular weight is 480 g/mol. The molecule has 1 fully saturated rings. The van der Waals surface area contributed by atoms with Crippen LogP contribution in [0.1, 0.15) is 39.0 Å². The number of carbonyl (C=O) groups excluding carboxylic acids is 2. The molecule has 182 valence electrons. The van der Waals surface area contributed by atoms with Crippen LogP contribution in [0.5, 0.6) is 0 Å². The zero-order chi connectivity index (χ0) is 24.5. The first-order chi connectivity index (χ1) is 17.0. The Balaban J connectivity index is 1.34. The highest BCUT2D eigenvalue weighted by Gasteiger charge is 2.33. The molecule has 0 spiro atoms. The van der Waals surface area contributed by atoms with Crippen molar-refractivity contribution in [1.82, 2.24) is 19.6 Å². The van der Waals surface area contributed by atoms with Gasteiger partial charge in [0.05, 0.1) is 6.54 Å². The molecule has 0 aliphatic carbocycles. The summed E-state index contributed by atoms with van der Waals surface area (Å²) in [6.45, 7) is 5.84. The Morgan fingerprint density at radius 3 is 2.31 bits per heavy atom. The minimum absolute atomic E-state index is 0.0835. The minimum Gasteiger partial charge on any atom is -0.368 e. The molecular weight excluding hydrogens is 452 g/mol. The van der Waals surface area contributed by atoms with E-state index in [0.29, 0.717) is 38.3 Å². The largest absolute Gasteiger partial charge is 0.368 e. The molecule has 1 aromatic heterocycles. The van der Waals surface area contributed by atoms with E-state index in [-0.39, 0.29) is 18.0 Å². The fraction of sp³-hybridized carbons (Fsp3) is 0.346. The van der Waals surface area contributed by atoms with E-state index in [0.717, 1.165) is 42.2 Å². The molecule has 0 unspecified atom stereocenters. The summed E-state index contributed by atoms with van der Waals surface area (Å²) >= 11 is 0. The molecule has 1 saturated heterocycles. The standard InChI is InChI=1S/C26H27F2N5O2/c1-2-33-23-10-11-32(25(34)18-8-9-21(27)22(28)16-18)17-20(23)24(29-33)26(35)31-14-12-30(13-15-31)19-6-4-3-5-7-19/h3-9,16H,2,10-15,17H2,1H3. The van der Waals surface area contributed by atoms with Crippen LogP contribution in [0.2, 0.25) is 0 Å². The lowest BCUT2D eigenvalue weighted by Crippen LogP contribution is -2.49. The van der Waals surface area contributed by atoms with Gasteiger partial charge < -0.3 is 14.7 Å². The molecule has 0 saturated carbocycles. The fourth-order valence-electron chi connectivity index (χ4n) is 4.87. The van der Waals surface area contributed by atoms with Crippen molar-refractivity contribution in [2.45, 2.75) is 26.4 Å². The topological polar surface area (TPSA) is 61.7 Å². The van der Waals surface area contributed by atoms with Crippen LogP contribution >= 0.6 is 0 Å². The van der Waals surface area contributed by atoms with Crippen molar-refractivity contribution in [2.24, 2.45) is 0 Å². The molecule has 3 aromatic rings. The Morgan fingerprint density at radius 2 is 1.63 bits per heavy atom. The number of halogens is 2. The molecule has 2 aliphatic heterocycles. The molecule has 0 atom stereocenters. The molecular formula is C26H27F2N5O2. The van der Waals surface area contributed by atoms with Gasteiger partial charge in [0.1, 0.15) is 0 Å². The zero-order valence-electron chi connectivity index (χ0n) is 19.6. The van der Waals surface area contributed by atoms with E-state index >= 15 is 0 Å². The second kappa shape index (κ2) is 9.48. The summed E-state index contributed by atoms with van der Waals surface area (Å²) < 4.78 is 28.9. The summed E-state index contributed by atoms with van der Waals surface area (Å²) in [5.41, 5.74) is 3.29. The Labute approximate surface area is 202 Å². The monoisotopic (exact) mass is 479 g/mol. The summed E-state index contributed by atoms with van der Waals surface area (Å²) in [6.07, 6.45) is 0.542. The van der Waals surface area contributed by atoms with Gasteiger partial charge in [-0.15, -0.1) is 0 Å². The predicted molar refractivity (Wildman–Crippen MR) is 127 cm³/mol. The van der Waals surface area contributed by atoms with Crippen molar-refractivity contribution in [2.75, 3.05) is 37.6 Å². The maximum absolute atomic E-state index is 13.7. The summed E-state index contributed by atoms with van der Waals surface area (Å²) in [5.74, 6) is -2.58. The van der Waals surface area contributed by atoms with Crippen LogP contribution in [-0.4, -0.2) is 64.1 Å². The Bertz CT molecular complexity index is 1250. The number of nitrogens with zero attached hydrogens (tertiary/aromatic N) is 5. The number of aryl methyl sites for hydroxylation is 1. The number of amides is 2. The molecule has 35 heavy (non-hydrogen) atoms. The van der Waals surface area contributed by atoms with Crippen LogP contribution in [0.4, 0.5) is 14.5 Å². The number of rotatable bonds is 4. The van der Waals surface area contributed by atoms with Gasteiger partial charge in [-0.1, -0.05) is 18.2 Å². The first-order valence-corrected chi connectivity index (χ1v) is 11.9. The Morgan fingerprint density at radius 1 is 0.886 bits per heavy atom. The van der Waals surface area contributed by atoms with Crippen molar-refractivity contribution >= 4 is 17.5 Å². The first-order valence-electron chi connectivity index (χ1n) is 11.9. The highest BCUT2D eigenvalue weighted by atomic mass is 19.2. The van der Waals surface area contributed by atoms with Gasteiger partial charge in [-0.2, -0.15) is 5.10 Å². The summed E-state index contributed by atoms with van der Waals surface area (Å²) in [4.78, 5) is 32.2. The number of para-hydroxylation sites is 1. The highest BCUT2D eigenvalue weighted by Crippen LogP contribution is 2.26. The van der Waals surface area contributed by atoms with Gasteiger partial charge in [0, 0.05) is 68.2 Å². The van der Waals surface area contributed by atoms with E-state index < -0.39 is 17.5 Å². The maximum Gasteiger partial charge on any atom is 0.274 e. The average Bonchev–Trinajstić information content (AvgIpc) is 3.28. The van der Waals surface area contributed by atoms with E-state index in [4.69, 9.17) is 0 Å². The molecule has 2 aliphatic rings. The maximum atomic E-state index is 13.7. The van der Waals surface area contributed by atoms with E-state index in [1.54, 1.807) is 4.90 Å². The second-order valence-corrected chi connectivity index (χ2v) is 8.81. The zero-order valence-corrected chi connectivity index (χ0v) is 19.6. The molecule has 2 amide bonds. The molecule has 3 heterocycles. The smallest absolute Gasteiger partial charge is 0.274 e. The van der Waals surface area contributed by atoms with E-state index in [9.17, 15) is 18.4 Å². The number of piperazine rings is 1. The lowest BCUT2D eigenvalue weighted by Gasteiger charge is -2.36. The molecule has 2 aromatic carbocycles. The molecule has 0 bridgehead atoms. The third-order valence-electron chi connectivity index (χ3n) is 6.78. The van der Waals surface area contributed by atoms with Crippen molar-refractivity contribution in [1.29, 1.82) is 0 Å². The van der Waals surface area contributed by atoms with Crippen molar-refractivity contribution < 1.29 is 18.4 Å². The molecule has 9 heteroatoms. The molecule has 0 N–H and O–H groups in total. The van der Waals surface area contributed by atoms with E-state index in [2.05, 4.69) is 22.1 Å². The van der Waals surface area contributed by atoms with Gasteiger partial charge in [-0.05, 0) is 37.3 Å². The first kappa shape index (κ1) is 23.0. The fourth-order valence-corrected chi connectivity index (χ4v) is 4.87. The Kier molecular flexibility index (Phi) is 6.23. The SMILES string of the molecule is CCn1nc(C(=O)N2CCN(c3ccccc3)CC2)c2c1CCN(C(=O)c1ccc(F)c(F)c1)C2. The van der Waals surface area contributed by atoms with Gasteiger partial charge in [-0.3, -0.25) is 14.3 Å². The van der Waals surface area contributed by atoms with Crippen LogP contribution in [0.15, 0.2) is 48.5 Å². The van der Waals surface area contributed by atoms with Gasteiger partial charge in [0.25, 0.3) is 11.8 Å². The second-order valence-electron chi connectivity index (χ2n) is 8.81. The van der Waals surface area contributed by atoms with Gasteiger partial charge in [0.15, 0.2) is 17.3 Å². The summed E-state index contributed by atoms with van der Waals surface area (Å²) in [6, 6.07) is 13.3. The lowest BCUT2D eigenvalue weighted by atomic mass is 10.0. The number of hydrogen-bond donors (Lipinski definition) is 0. The van der Waals surface area contributed by atoms with Gasteiger partial charge in [-0.25, -0.2) is 8.78 Å². The number of carbonyl (C=O) groups is 2. The lowest BCUT2D eigenvalue weighted by molar-refractivity contribution is 0.0709. The predicted octanol–water partition coefficient (Wildman–Crippen LogP) is 3.34. The number of benzene rings is 2. The number of aromatic nitrogens is 2. The molecule has 0 radical (unpaired) electrons. The van der Waals surface area contributed by atoms with Crippen LogP contribution in [0, 0.1) is 11.6 Å². The highest BCUT2D eigenvalue weighted by molar-refractivity contribution is 5.96. The van der Waals surface area contributed by atoms with Crippen LogP contribution < -0.4 is 4.90 Å². The number of hydrogen-bond acceptors (Lipinski definition) is 4. The summed E-state index contributed by atoms with van der Waals surface area (Å²) in [5, 5.41) is 4.62. The van der Waals surface area contributed by atoms with Gasteiger partial charge >= 0.3 is 0 Å². The van der Waals surface area contributed by atoms with Crippen molar-refractivity contribution in [3.63, 3.8) is 0 Å². The number of fused-ring (bicyclic) bond motifs is 1. The van der Waals surface area contributed by atoms with Gasteiger partial charge in [0.2, 0.25) is 0 Å². The normalized spacial score (nSPS) is 15.8. The molecule has 5 rings (SSSR count). The quantitative estimate of drug-likeness (QED) is 0.576. The molecule has 7 nitrogen and oxygen atoms in total. The van der Waals surface area contributed by atoms with Crippen LogP contribution in [-0.2, 0) is 19.5 Å². The van der Waals surface area contributed by atoms with Crippen molar-refractivity contribution in [3.8, 4) is 0 Å². The van der Waals surface area contributed by atoms with Crippen LogP contribution in [0.25, 0.3) is 0 Å². The number of anilines is 1. The third-order valence-corrected chi connectivity index (χ3v) is 6.78. The third kappa shape index (κ3) is 4.38. The van der Waals surface area contributed by atoms with Crippen LogP contribution in [0.3, 0.4) is 0 Å². The summed E-state index contributed by atoms with van der Waals surface area (Å²) in [7, 11) is 0. The van der Waals surface area contributed by atoms with Crippen molar-refractivity contribution in [3.05, 3.63) is 82.7 Å². The minimum atomic E-state index is -1.06. The Hall–Kier alpha value is -3.75. The van der Waals surface area contributed by atoms with E-state index in [1.165, 1.54) is 6.07 Å². The van der Waals surface area contributed by atoms with E-state index in [1.807, 2.05) is 34.7 Å².